The average Bonchev–Trinajstić information content (AvgIpc) is 1.85. The maximum absolute atomic E-state index is 5.73. The molecule has 1 aromatic rings. The molecule has 0 heterocycles. The Kier molecular flexibility index (Phi) is 4.83. The number of rotatable bonds is 1. The average molecular weight is 251 g/mol. The van der Waals surface area contributed by atoms with Gasteiger partial charge in [-0.1, -0.05) is 28.1 Å². The van der Waals surface area contributed by atoms with Gasteiger partial charge in [0.25, 0.3) is 0 Å². The van der Waals surface area contributed by atoms with Crippen molar-refractivity contribution >= 4 is 28.3 Å². The zero-order valence-corrected chi connectivity index (χ0v) is 9.58. The van der Waals surface area contributed by atoms with Crippen molar-refractivity contribution in [2.24, 2.45) is 5.73 Å². The second-order valence-corrected chi connectivity index (χ2v) is 3.67. The Morgan fingerprint density at radius 3 is 2.42 bits per heavy atom. The summed E-state index contributed by atoms with van der Waals surface area (Å²) >= 11 is 3.47. The third kappa shape index (κ3) is 2.77. The number of halogens is 2. The van der Waals surface area contributed by atoms with Gasteiger partial charge >= 0.3 is 0 Å². The summed E-state index contributed by atoms with van der Waals surface area (Å²) in [5.41, 5.74) is 8.15. The number of nitrogens with two attached hydrogens (primary N) is 1. The van der Waals surface area contributed by atoms with Crippen molar-refractivity contribution in [1.29, 1.82) is 0 Å². The van der Waals surface area contributed by atoms with Crippen molar-refractivity contribution in [2.75, 3.05) is 0 Å². The summed E-state index contributed by atoms with van der Waals surface area (Å²) in [5, 5.41) is 0. The maximum atomic E-state index is 5.73. The Bertz CT molecular complexity index is 261. The highest BCUT2D eigenvalue weighted by atomic mass is 79.9. The summed E-state index contributed by atoms with van der Waals surface area (Å²) in [4.78, 5) is 0. The fourth-order valence-electron chi connectivity index (χ4n) is 1.00. The van der Waals surface area contributed by atoms with Gasteiger partial charge < -0.3 is 5.73 Å². The summed E-state index contributed by atoms with van der Waals surface area (Å²) in [6, 6.07) is 6.32. The molecule has 68 valence electrons. The predicted octanol–water partition coefficient (Wildman–Crippen LogP) is 3.20. The van der Waals surface area contributed by atoms with E-state index in [9.17, 15) is 0 Å². The molecule has 0 aliphatic heterocycles. The van der Waals surface area contributed by atoms with Crippen LogP contribution in [0.25, 0.3) is 0 Å². The summed E-state index contributed by atoms with van der Waals surface area (Å²) < 4.78 is 1.10. The molecule has 3 heteroatoms. The number of hydrogen-bond acceptors (Lipinski definition) is 1. The molecule has 0 amide bonds. The van der Waals surface area contributed by atoms with Gasteiger partial charge in [-0.25, -0.2) is 0 Å². The SMILES string of the molecule is Cc1ccc(C(C)N)c(Br)c1.Cl. The summed E-state index contributed by atoms with van der Waals surface area (Å²) in [5.74, 6) is 0. The van der Waals surface area contributed by atoms with E-state index in [-0.39, 0.29) is 18.4 Å². The highest BCUT2D eigenvalue weighted by Gasteiger charge is 2.03. The lowest BCUT2D eigenvalue weighted by Crippen LogP contribution is -2.05. The van der Waals surface area contributed by atoms with Crippen LogP contribution in [0.3, 0.4) is 0 Å². The van der Waals surface area contributed by atoms with E-state index < -0.39 is 0 Å². The van der Waals surface area contributed by atoms with Gasteiger partial charge in [0.1, 0.15) is 0 Å². The number of hydrogen-bond donors (Lipinski definition) is 1. The summed E-state index contributed by atoms with van der Waals surface area (Å²) in [7, 11) is 0. The molecular weight excluding hydrogens is 237 g/mol. The first-order valence-corrected chi connectivity index (χ1v) is 4.42. The van der Waals surface area contributed by atoms with Gasteiger partial charge in [0, 0.05) is 10.5 Å². The van der Waals surface area contributed by atoms with Crippen LogP contribution in [-0.2, 0) is 0 Å². The van der Waals surface area contributed by atoms with Gasteiger partial charge in [-0.2, -0.15) is 0 Å². The smallest absolute Gasteiger partial charge is 0.0277 e. The second kappa shape index (κ2) is 4.85. The van der Waals surface area contributed by atoms with Gasteiger partial charge in [0.15, 0.2) is 0 Å². The van der Waals surface area contributed by atoms with Crippen LogP contribution in [-0.4, -0.2) is 0 Å². The van der Waals surface area contributed by atoms with Crippen LogP contribution in [0, 0.1) is 6.92 Å². The highest BCUT2D eigenvalue weighted by molar-refractivity contribution is 9.10. The molecule has 0 fully saturated rings. The van der Waals surface area contributed by atoms with E-state index in [1.165, 1.54) is 5.56 Å². The minimum Gasteiger partial charge on any atom is -0.324 e. The molecule has 0 aromatic heterocycles. The van der Waals surface area contributed by atoms with Crippen LogP contribution in [0.5, 0.6) is 0 Å². The van der Waals surface area contributed by atoms with Crippen molar-refractivity contribution in [3.8, 4) is 0 Å². The van der Waals surface area contributed by atoms with Crippen LogP contribution >= 0.6 is 28.3 Å². The van der Waals surface area contributed by atoms with E-state index in [2.05, 4.69) is 41.1 Å². The van der Waals surface area contributed by atoms with Crippen molar-refractivity contribution in [3.63, 3.8) is 0 Å². The normalized spacial score (nSPS) is 12.0. The van der Waals surface area contributed by atoms with E-state index in [4.69, 9.17) is 5.73 Å². The van der Waals surface area contributed by atoms with E-state index in [1.807, 2.05) is 6.92 Å². The number of aryl methyl sites for hydroxylation is 1. The van der Waals surface area contributed by atoms with Gasteiger partial charge in [0.2, 0.25) is 0 Å². The summed E-state index contributed by atoms with van der Waals surface area (Å²) in [6.45, 7) is 4.05. The molecule has 12 heavy (non-hydrogen) atoms. The number of benzene rings is 1. The standard InChI is InChI=1S/C9H12BrN.ClH/c1-6-3-4-8(7(2)11)9(10)5-6;/h3-5,7H,11H2,1-2H3;1H. The third-order valence-electron chi connectivity index (χ3n) is 1.65. The Labute approximate surface area is 87.9 Å². The molecule has 2 N–H and O–H groups in total. The first-order chi connectivity index (χ1) is 5.11. The molecule has 1 atom stereocenters. The molecule has 0 saturated heterocycles. The lowest BCUT2D eigenvalue weighted by Gasteiger charge is -2.08. The van der Waals surface area contributed by atoms with Crippen LogP contribution < -0.4 is 5.73 Å². The molecule has 1 aromatic carbocycles. The molecule has 0 bridgehead atoms. The fraction of sp³-hybridized carbons (Fsp3) is 0.333. The zero-order valence-electron chi connectivity index (χ0n) is 7.17. The molecule has 1 nitrogen and oxygen atoms in total. The minimum atomic E-state index is 0. The minimum absolute atomic E-state index is 0. The van der Waals surface area contributed by atoms with Crippen molar-refractivity contribution < 1.29 is 0 Å². The maximum Gasteiger partial charge on any atom is 0.0277 e. The predicted molar refractivity (Wildman–Crippen MR) is 58.7 cm³/mol. The molecule has 1 rings (SSSR count). The molecule has 0 aliphatic carbocycles. The lowest BCUT2D eigenvalue weighted by molar-refractivity contribution is 0.812. The van der Waals surface area contributed by atoms with Crippen molar-refractivity contribution in [2.45, 2.75) is 19.9 Å². The first kappa shape index (κ1) is 11.9. The highest BCUT2D eigenvalue weighted by Crippen LogP contribution is 2.22. The molecular formula is C9H13BrClN. The molecule has 0 aliphatic rings. The van der Waals surface area contributed by atoms with Gasteiger partial charge in [-0.05, 0) is 31.0 Å². The quantitative estimate of drug-likeness (QED) is 0.814. The van der Waals surface area contributed by atoms with E-state index in [0.29, 0.717) is 0 Å². The summed E-state index contributed by atoms with van der Waals surface area (Å²) in [6.07, 6.45) is 0. The zero-order chi connectivity index (χ0) is 8.43. The van der Waals surface area contributed by atoms with Crippen LogP contribution in [0.2, 0.25) is 0 Å². The first-order valence-electron chi connectivity index (χ1n) is 3.63. The van der Waals surface area contributed by atoms with Crippen LogP contribution in [0.15, 0.2) is 22.7 Å². The Morgan fingerprint density at radius 2 is 2.00 bits per heavy atom. The van der Waals surface area contributed by atoms with Crippen molar-refractivity contribution in [3.05, 3.63) is 33.8 Å². The van der Waals surface area contributed by atoms with Crippen LogP contribution in [0.4, 0.5) is 0 Å². The third-order valence-corrected chi connectivity index (χ3v) is 2.33. The molecule has 1 unspecified atom stereocenters. The van der Waals surface area contributed by atoms with Gasteiger partial charge in [0.05, 0.1) is 0 Å². The molecule has 0 spiro atoms. The fourth-order valence-corrected chi connectivity index (χ4v) is 1.86. The van der Waals surface area contributed by atoms with Crippen LogP contribution in [0.1, 0.15) is 24.1 Å². The second-order valence-electron chi connectivity index (χ2n) is 2.81. The van der Waals surface area contributed by atoms with E-state index in [1.54, 1.807) is 0 Å². The molecule has 0 saturated carbocycles. The van der Waals surface area contributed by atoms with E-state index in [0.717, 1.165) is 10.0 Å². The topological polar surface area (TPSA) is 26.0 Å². The van der Waals surface area contributed by atoms with Crippen molar-refractivity contribution in [1.82, 2.24) is 0 Å². The van der Waals surface area contributed by atoms with E-state index >= 15 is 0 Å². The Balaban J connectivity index is 0.00000121. The Hall–Kier alpha value is -0.0500. The molecule has 0 radical (unpaired) electrons. The van der Waals surface area contributed by atoms with Gasteiger partial charge in [-0.15, -0.1) is 12.4 Å². The largest absolute Gasteiger partial charge is 0.324 e. The lowest BCUT2D eigenvalue weighted by atomic mass is 10.1. The monoisotopic (exact) mass is 249 g/mol. The Morgan fingerprint density at radius 1 is 1.42 bits per heavy atom. The van der Waals surface area contributed by atoms with Gasteiger partial charge in [-0.3, -0.25) is 0 Å².